The fraction of sp³-hybridized carbons (Fsp3) is 0.211. The standard InChI is InChI=1S/C19H18BrN3O4/c20-13-5-3-4-12(10-13)18(19(21)26)22-16(24)11-23-14-6-1-2-7-15(14)27-9-8-17(23)25/h1-7,10,18H,8-9,11H2,(H2,21,26)(H,22,24). The third-order valence-corrected chi connectivity index (χ3v) is 4.60. The molecule has 2 aromatic rings. The number of hydrogen-bond acceptors (Lipinski definition) is 4. The topological polar surface area (TPSA) is 102 Å². The lowest BCUT2D eigenvalue weighted by molar-refractivity contribution is -0.127. The summed E-state index contributed by atoms with van der Waals surface area (Å²) in [6.07, 6.45) is 0.160. The Bertz CT molecular complexity index is 887. The number of carbonyl (C=O) groups is 3. The van der Waals surface area contributed by atoms with Crippen molar-refractivity contribution in [3.8, 4) is 5.75 Å². The molecule has 0 radical (unpaired) electrons. The maximum Gasteiger partial charge on any atom is 0.244 e. The minimum absolute atomic E-state index is 0.160. The number of ether oxygens (including phenoxy) is 1. The van der Waals surface area contributed by atoms with E-state index in [9.17, 15) is 14.4 Å². The molecule has 0 spiro atoms. The van der Waals surface area contributed by atoms with Gasteiger partial charge in [0.2, 0.25) is 17.7 Å². The van der Waals surface area contributed by atoms with Gasteiger partial charge < -0.3 is 15.8 Å². The van der Waals surface area contributed by atoms with Crippen LogP contribution in [0.2, 0.25) is 0 Å². The number of nitrogens with two attached hydrogens (primary N) is 1. The van der Waals surface area contributed by atoms with E-state index in [-0.39, 0.29) is 25.5 Å². The van der Waals surface area contributed by atoms with E-state index in [4.69, 9.17) is 10.5 Å². The molecule has 1 unspecified atom stereocenters. The molecule has 3 amide bonds. The third kappa shape index (κ3) is 4.46. The van der Waals surface area contributed by atoms with Crippen LogP contribution in [0.15, 0.2) is 53.0 Å². The van der Waals surface area contributed by atoms with Crippen LogP contribution < -0.4 is 20.7 Å². The van der Waals surface area contributed by atoms with Crippen LogP contribution >= 0.6 is 15.9 Å². The summed E-state index contributed by atoms with van der Waals surface area (Å²) in [5.74, 6) is -0.876. The van der Waals surface area contributed by atoms with E-state index in [0.717, 1.165) is 4.47 Å². The van der Waals surface area contributed by atoms with Gasteiger partial charge >= 0.3 is 0 Å². The fourth-order valence-corrected chi connectivity index (χ4v) is 3.27. The summed E-state index contributed by atoms with van der Waals surface area (Å²) < 4.78 is 6.32. The number of nitrogens with zero attached hydrogens (tertiary/aromatic N) is 1. The molecule has 3 N–H and O–H groups in total. The number of carbonyl (C=O) groups excluding carboxylic acids is 3. The van der Waals surface area contributed by atoms with Crippen molar-refractivity contribution in [2.75, 3.05) is 18.1 Å². The van der Waals surface area contributed by atoms with Crippen molar-refractivity contribution in [1.29, 1.82) is 0 Å². The average molecular weight is 432 g/mol. The van der Waals surface area contributed by atoms with Gasteiger partial charge in [-0.2, -0.15) is 0 Å². The highest BCUT2D eigenvalue weighted by molar-refractivity contribution is 9.10. The van der Waals surface area contributed by atoms with Crippen molar-refractivity contribution in [1.82, 2.24) is 5.32 Å². The van der Waals surface area contributed by atoms with Crippen molar-refractivity contribution in [2.45, 2.75) is 12.5 Å². The molecule has 1 atom stereocenters. The van der Waals surface area contributed by atoms with Crippen LogP contribution in [0.5, 0.6) is 5.75 Å². The molecule has 2 aromatic carbocycles. The van der Waals surface area contributed by atoms with Crippen LogP contribution in [0, 0.1) is 0 Å². The highest BCUT2D eigenvalue weighted by Gasteiger charge is 2.27. The van der Waals surface area contributed by atoms with Crippen molar-refractivity contribution >= 4 is 39.3 Å². The second kappa shape index (κ2) is 8.22. The summed E-state index contributed by atoms with van der Waals surface area (Å²) in [5, 5.41) is 2.61. The van der Waals surface area contributed by atoms with Gasteiger partial charge in [-0.25, -0.2) is 0 Å². The Morgan fingerprint density at radius 2 is 2.00 bits per heavy atom. The zero-order chi connectivity index (χ0) is 19.4. The summed E-state index contributed by atoms with van der Waals surface area (Å²) in [7, 11) is 0. The van der Waals surface area contributed by atoms with Crippen LogP contribution in [-0.4, -0.2) is 30.9 Å². The lowest BCUT2D eigenvalue weighted by Crippen LogP contribution is -2.44. The summed E-state index contributed by atoms with van der Waals surface area (Å²) in [4.78, 5) is 38.2. The number of fused-ring (bicyclic) bond motifs is 1. The van der Waals surface area contributed by atoms with E-state index in [1.807, 2.05) is 0 Å². The van der Waals surface area contributed by atoms with Crippen LogP contribution in [0.3, 0.4) is 0 Å². The van der Waals surface area contributed by atoms with Gasteiger partial charge in [0.25, 0.3) is 0 Å². The molecule has 140 valence electrons. The van der Waals surface area contributed by atoms with Gasteiger partial charge in [-0.05, 0) is 29.8 Å². The SMILES string of the molecule is NC(=O)C(NC(=O)CN1C(=O)CCOc2ccccc21)c1cccc(Br)c1. The predicted octanol–water partition coefficient (Wildman–Crippen LogP) is 1.91. The predicted molar refractivity (Wildman–Crippen MR) is 103 cm³/mol. The van der Waals surface area contributed by atoms with Crippen LogP contribution in [0.4, 0.5) is 5.69 Å². The maximum atomic E-state index is 12.6. The number of primary amides is 1. The maximum absolute atomic E-state index is 12.6. The van der Waals surface area contributed by atoms with Gasteiger partial charge in [0, 0.05) is 4.47 Å². The minimum Gasteiger partial charge on any atom is -0.491 e. The van der Waals surface area contributed by atoms with Crippen LogP contribution in [0.1, 0.15) is 18.0 Å². The zero-order valence-electron chi connectivity index (χ0n) is 14.4. The van der Waals surface area contributed by atoms with E-state index in [1.54, 1.807) is 48.5 Å². The van der Waals surface area contributed by atoms with Crippen molar-refractivity contribution in [3.63, 3.8) is 0 Å². The number of amides is 3. The van der Waals surface area contributed by atoms with Crippen molar-refractivity contribution in [2.24, 2.45) is 5.73 Å². The average Bonchev–Trinajstić information content (AvgIpc) is 2.79. The molecule has 0 saturated heterocycles. The van der Waals surface area contributed by atoms with Gasteiger partial charge in [0.15, 0.2) is 0 Å². The molecular weight excluding hydrogens is 414 g/mol. The number of para-hydroxylation sites is 2. The Morgan fingerprint density at radius 1 is 1.22 bits per heavy atom. The Kier molecular flexibility index (Phi) is 5.75. The highest BCUT2D eigenvalue weighted by Crippen LogP contribution is 2.30. The first-order valence-electron chi connectivity index (χ1n) is 8.32. The number of anilines is 1. The monoisotopic (exact) mass is 431 g/mol. The molecule has 0 aliphatic carbocycles. The summed E-state index contributed by atoms with van der Waals surface area (Å²) in [6.45, 7) is 0.00685. The molecular formula is C19H18BrN3O4. The summed E-state index contributed by atoms with van der Waals surface area (Å²) in [5.41, 5.74) is 6.53. The zero-order valence-corrected chi connectivity index (χ0v) is 15.9. The summed E-state index contributed by atoms with van der Waals surface area (Å²) >= 11 is 3.33. The van der Waals surface area contributed by atoms with Crippen LogP contribution in [-0.2, 0) is 14.4 Å². The molecule has 0 fully saturated rings. The first kappa shape index (κ1) is 18.9. The first-order chi connectivity index (χ1) is 13.0. The molecule has 1 aliphatic rings. The van der Waals surface area contributed by atoms with Gasteiger partial charge in [-0.1, -0.05) is 40.2 Å². The van der Waals surface area contributed by atoms with Crippen LogP contribution in [0.25, 0.3) is 0 Å². The molecule has 0 bridgehead atoms. The highest BCUT2D eigenvalue weighted by atomic mass is 79.9. The number of hydrogen-bond donors (Lipinski definition) is 2. The molecule has 0 aromatic heterocycles. The Morgan fingerprint density at radius 3 is 2.74 bits per heavy atom. The lowest BCUT2D eigenvalue weighted by Gasteiger charge is -2.23. The quantitative estimate of drug-likeness (QED) is 0.754. The molecule has 3 rings (SSSR count). The third-order valence-electron chi connectivity index (χ3n) is 4.10. The number of nitrogens with one attached hydrogen (secondary N) is 1. The fourth-order valence-electron chi connectivity index (χ4n) is 2.85. The Balaban J connectivity index is 1.79. The smallest absolute Gasteiger partial charge is 0.244 e. The van der Waals surface area contributed by atoms with E-state index >= 15 is 0 Å². The number of rotatable bonds is 5. The van der Waals surface area contributed by atoms with E-state index in [2.05, 4.69) is 21.2 Å². The minimum atomic E-state index is -0.997. The summed E-state index contributed by atoms with van der Waals surface area (Å²) in [6, 6.07) is 13.0. The molecule has 27 heavy (non-hydrogen) atoms. The lowest BCUT2D eigenvalue weighted by atomic mass is 10.1. The normalized spacial score (nSPS) is 14.6. The molecule has 7 nitrogen and oxygen atoms in total. The second-order valence-electron chi connectivity index (χ2n) is 6.00. The molecule has 1 heterocycles. The van der Waals surface area contributed by atoms with Crippen molar-refractivity contribution < 1.29 is 19.1 Å². The molecule has 1 aliphatic heterocycles. The second-order valence-corrected chi connectivity index (χ2v) is 6.92. The van der Waals surface area contributed by atoms with Gasteiger partial charge in [-0.15, -0.1) is 0 Å². The first-order valence-corrected chi connectivity index (χ1v) is 9.11. The van der Waals surface area contributed by atoms with E-state index in [1.165, 1.54) is 4.90 Å². The molecule has 0 saturated carbocycles. The van der Waals surface area contributed by atoms with Gasteiger partial charge in [0.1, 0.15) is 18.3 Å². The van der Waals surface area contributed by atoms with Gasteiger partial charge in [0.05, 0.1) is 18.7 Å². The largest absolute Gasteiger partial charge is 0.491 e. The van der Waals surface area contributed by atoms with E-state index in [0.29, 0.717) is 17.0 Å². The number of benzene rings is 2. The number of halogens is 1. The Labute approximate surface area is 164 Å². The van der Waals surface area contributed by atoms with Crippen molar-refractivity contribution in [3.05, 3.63) is 58.6 Å². The van der Waals surface area contributed by atoms with Gasteiger partial charge in [-0.3, -0.25) is 19.3 Å². The van der Waals surface area contributed by atoms with E-state index < -0.39 is 17.9 Å². The Hall–Kier alpha value is -2.87. The molecule has 8 heteroatoms.